The Balaban J connectivity index is 1.54. The number of carbonyl (C=O) groups excluding carboxylic acids is 1. The van der Waals surface area contributed by atoms with Crippen LogP contribution < -0.4 is 4.74 Å². The number of esters is 1. The number of aliphatic imine (C=N–C) groups is 1. The van der Waals surface area contributed by atoms with Gasteiger partial charge in [0.05, 0.1) is 8.95 Å². The third kappa shape index (κ3) is 5.83. The largest absolute Gasteiger partial charge is 0.487 e. The minimum atomic E-state index is -0.472. The maximum absolute atomic E-state index is 12.4. The summed E-state index contributed by atoms with van der Waals surface area (Å²) in [6.07, 6.45) is 1.70. The normalized spacial score (nSPS) is 14.5. The van der Waals surface area contributed by atoms with Crippen LogP contribution in [0, 0.1) is 0 Å². The molecule has 33 heavy (non-hydrogen) atoms. The second-order valence-electron chi connectivity index (χ2n) is 7.85. The number of nitrogens with zero attached hydrogens (tertiary/aromatic N) is 1. The van der Waals surface area contributed by atoms with Crippen LogP contribution in [0.15, 0.2) is 84.8 Å². The molecule has 0 amide bonds. The molecular weight excluding hydrogens is 614 g/mol. The summed E-state index contributed by atoms with van der Waals surface area (Å²) in [5.74, 6) is 0.954. The molecule has 0 atom stereocenters. The molecule has 0 saturated carbocycles. The van der Waals surface area contributed by atoms with E-state index < -0.39 is 5.97 Å². The fraction of sp³-hybridized carbons (Fsp3) is 0.154. The zero-order valence-electron chi connectivity index (χ0n) is 17.9. The van der Waals surface area contributed by atoms with E-state index in [2.05, 4.69) is 66.6 Å². The number of hydrogen-bond donors (Lipinski definition) is 0. The Morgan fingerprint density at radius 3 is 2.33 bits per heavy atom. The number of hydrogen-bond acceptors (Lipinski definition) is 4. The fourth-order valence-corrected chi connectivity index (χ4v) is 5.18. The average Bonchev–Trinajstić information content (AvgIpc) is 3.13. The number of cyclic esters (lactones) is 1. The zero-order chi connectivity index (χ0) is 23.5. The SMILES string of the molecule is CC(C)c1ccc(C2=N/C(=C\c3cc(Br)c(OCc4cccc(Br)c4)c(Br)c3)C(=O)O2)cc1. The van der Waals surface area contributed by atoms with Gasteiger partial charge in [-0.3, -0.25) is 0 Å². The minimum Gasteiger partial charge on any atom is -0.487 e. The lowest BCUT2D eigenvalue weighted by Gasteiger charge is -2.12. The van der Waals surface area contributed by atoms with Gasteiger partial charge in [-0.25, -0.2) is 9.79 Å². The van der Waals surface area contributed by atoms with Crippen LogP contribution in [0.1, 0.15) is 42.0 Å². The molecule has 0 unspecified atom stereocenters. The molecule has 4 nitrogen and oxygen atoms in total. The van der Waals surface area contributed by atoms with Crippen molar-refractivity contribution >= 4 is 65.7 Å². The van der Waals surface area contributed by atoms with Gasteiger partial charge in [-0.2, -0.15) is 0 Å². The molecule has 1 aliphatic rings. The van der Waals surface area contributed by atoms with E-state index >= 15 is 0 Å². The molecule has 0 N–H and O–H groups in total. The summed E-state index contributed by atoms with van der Waals surface area (Å²) in [6.45, 7) is 4.69. The summed E-state index contributed by atoms with van der Waals surface area (Å²) in [5, 5.41) is 0. The van der Waals surface area contributed by atoms with Gasteiger partial charge in [-0.05, 0) is 96.9 Å². The molecular formula is C26H20Br3NO3. The Hall–Kier alpha value is -2.22. The molecule has 0 aromatic heterocycles. The van der Waals surface area contributed by atoms with Gasteiger partial charge in [0.25, 0.3) is 0 Å². The Labute approximate surface area is 218 Å². The fourth-order valence-electron chi connectivity index (χ4n) is 3.28. The van der Waals surface area contributed by atoms with Crippen molar-refractivity contribution in [3.05, 3.63) is 102 Å². The first-order valence-corrected chi connectivity index (χ1v) is 12.7. The summed E-state index contributed by atoms with van der Waals surface area (Å²) < 4.78 is 13.9. The highest BCUT2D eigenvalue weighted by atomic mass is 79.9. The van der Waals surface area contributed by atoms with E-state index in [9.17, 15) is 4.79 Å². The number of rotatable bonds is 6. The van der Waals surface area contributed by atoms with Crippen LogP contribution in [-0.2, 0) is 16.1 Å². The maximum atomic E-state index is 12.4. The molecule has 3 aromatic rings. The second-order valence-corrected chi connectivity index (χ2v) is 10.5. The summed E-state index contributed by atoms with van der Waals surface area (Å²) in [5.41, 5.74) is 4.08. The maximum Gasteiger partial charge on any atom is 0.363 e. The summed E-state index contributed by atoms with van der Waals surface area (Å²) in [4.78, 5) is 16.8. The first kappa shape index (κ1) is 23.9. The first-order chi connectivity index (χ1) is 15.8. The minimum absolute atomic E-state index is 0.250. The Kier molecular flexibility index (Phi) is 7.51. The van der Waals surface area contributed by atoms with Crippen molar-refractivity contribution in [2.45, 2.75) is 26.4 Å². The van der Waals surface area contributed by atoms with E-state index in [1.54, 1.807) is 6.08 Å². The molecule has 0 radical (unpaired) electrons. The molecule has 7 heteroatoms. The quantitative estimate of drug-likeness (QED) is 0.204. The molecule has 0 aliphatic carbocycles. The van der Waals surface area contributed by atoms with Gasteiger partial charge in [-0.15, -0.1) is 0 Å². The average molecular weight is 634 g/mol. The molecule has 0 fully saturated rings. The third-order valence-electron chi connectivity index (χ3n) is 5.04. The number of carbonyl (C=O) groups is 1. The smallest absolute Gasteiger partial charge is 0.363 e. The van der Waals surface area contributed by atoms with E-state index in [4.69, 9.17) is 9.47 Å². The van der Waals surface area contributed by atoms with Crippen LogP contribution in [0.2, 0.25) is 0 Å². The highest BCUT2D eigenvalue weighted by Crippen LogP contribution is 2.36. The molecule has 168 valence electrons. The van der Waals surface area contributed by atoms with E-state index in [-0.39, 0.29) is 5.70 Å². The number of halogens is 3. The van der Waals surface area contributed by atoms with E-state index in [0.29, 0.717) is 24.2 Å². The van der Waals surface area contributed by atoms with Crippen molar-refractivity contribution in [2.24, 2.45) is 4.99 Å². The number of benzene rings is 3. The third-order valence-corrected chi connectivity index (χ3v) is 6.71. The number of ether oxygens (including phenoxy) is 2. The molecule has 0 spiro atoms. The Morgan fingerprint density at radius 2 is 1.70 bits per heavy atom. The van der Waals surface area contributed by atoms with Gasteiger partial charge in [0, 0.05) is 10.0 Å². The predicted octanol–water partition coefficient (Wildman–Crippen LogP) is 8.02. The van der Waals surface area contributed by atoms with Crippen LogP contribution in [0.4, 0.5) is 0 Å². The summed E-state index contributed by atoms with van der Waals surface area (Å²) in [6, 6.07) is 19.6. The van der Waals surface area contributed by atoms with E-state index in [0.717, 1.165) is 30.1 Å². The van der Waals surface area contributed by atoms with Crippen LogP contribution >= 0.6 is 47.8 Å². The molecule has 1 heterocycles. The highest BCUT2D eigenvalue weighted by molar-refractivity contribution is 9.11. The molecule has 4 rings (SSSR count). The van der Waals surface area contributed by atoms with Crippen LogP contribution in [0.25, 0.3) is 6.08 Å². The highest BCUT2D eigenvalue weighted by Gasteiger charge is 2.24. The van der Waals surface area contributed by atoms with Gasteiger partial charge in [-0.1, -0.05) is 54.0 Å². The van der Waals surface area contributed by atoms with Crippen molar-refractivity contribution < 1.29 is 14.3 Å². The lowest BCUT2D eigenvalue weighted by molar-refractivity contribution is -0.129. The van der Waals surface area contributed by atoms with Crippen LogP contribution in [0.3, 0.4) is 0 Å². The van der Waals surface area contributed by atoms with E-state index in [1.807, 2.05) is 60.7 Å². The van der Waals surface area contributed by atoms with Gasteiger partial charge in [0.2, 0.25) is 5.90 Å². The summed E-state index contributed by atoms with van der Waals surface area (Å²) >= 11 is 10.6. The Morgan fingerprint density at radius 1 is 1.00 bits per heavy atom. The topological polar surface area (TPSA) is 47.9 Å². The van der Waals surface area contributed by atoms with Crippen molar-refractivity contribution in [2.75, 3.05) is 0 Å². The van der Waals surface area contributed by atoms with E-state index in [1.165, 1.54) is 5.56 Å². The zero-order valence-corrected chi connectivity index (χ0v) is 22.7. The summed E-state index contributed by atoms with van der Waals surface area (Å²) in [7, 11) is 0. The molecule has 1 aliphatic heterocycles. The van der Waals surface area contributed by atoms with Crippen molar-refractivity contribution in [3.63, 3.8) is 0 Å². The molecule has 0 saturated heterocycles. The van der Waals surface area contributed by atoms with Crippen LogP contribution in [0.5, 0.6) is 5.75 Å². The van der Waals surface area contributed by atoms with Gasteiger partial charge in [0.15, 0.2) is 5.70 Å². The van der Waals surface area contributed by atoms with Crippen LogP contribution in [-0.4, -0.2) is 11.9 Å². The van der Waals surface area contributed by atoms with Gasteiger partial charge < -0.3 is 9.47 Å². The standard InChI is InChI=1S/C26H20Br3NO3/c1-15(2)18-6-8-19(9-7-18)25-30-23(26(31)33-25)13-17-11-21(28)24(22(29)12-17)32-14-16-4-3-5-20(27)10-16/h3-13,15H,14H2,1-2H3/b23-13-. The lowest BCUT2D eigenvalue weighted by atomic mass is 10.0. The van der Waals surface area contributed by atoms with Gasteiger partial charge >= 0.3 is 5.97 Å². The molecule has 0 bridgehead atoms. The lowest BCUT2D eigenvalue weighted by Crippen LogP contribution is -2.05. The van der Waals surface area contributed by atoms with Gasteiger partial charge in [0.1, 0.15) is 12.4 Å². The predicted molar refractivity (Wildman–Crippen MR) is 141 cm³/mol. The second kappa shape index (κ2) is 10.4. The van der Waals surface area contributed by atoms with Crippen molar-refractivity contribution in [1.82, 2.24) is 0 Å². The van der Waals surface area contributed by atoms with Crippen molar-refractivity contribution in [1.29, 1.82) is 0 Å². The Bertz CT molecular complexity index is 1240. The monoisotopic (exact) mass is 631 g/mol. The molecule has 3 aromatic carbocycles. The first-order valence-electron chi connectivity index (χ1n) is 10.3. The van der Waals surface area contributed by atoms with Crippen molar-refractivity contribution in [3.8, 4) is 5.75 Å².